The summed E-state index contributed by atoms with van der Waals surface area (Å²) in [6.45, 7) is 5.27. The van der Waals surface area contributed by atoms with Gasteiger partial charge in [0.2, 0.25) is 0 Å². The maximum absolute atomic E-state index is 5.55. The van der Waals surface area contributed by atoms with E-state index in [1.54, 1.807) is 12.4 Å². The number of likely N-dealkylation sites (N-methyl/N-ethyl adjacent to an activating group) is 1. The molecule has 88 valence electrons. The molecule has 0 amide bonds. The van der Waals surface area contributed by atoms with Gasteiger partial charge in [0.15, 0.2) is 0 Å². The van der Waals surface area contributed by atoms with E-state index in [1.807, 2.05) is 0 Å². The zero-order valence-corrected chi connectivity index (χ0v) is 9.69. The third-order valence-electron chi connectivity index (χ3n) is 2.83. The number of nitrogens with one attached hydrogen (secondary N) is 1. The SMILES string of the molecule is CCN(CCNc1cncc(N)n1)C1CC1. The maximum Gasteiger partial charge on any atom is 0.146 e. The number of rotatable bonds is 6. The van der Waals surface area contributed by atoms with E-state index in [9.17, 15) is 0 Å². The standard InChI is InChI=1S/C11H19N5/c1-2-16(9-3-4-9)6-5-14-11-8-13-7-10(12)15-11/h7-9H,2-6H2,1H3,(H3,12,14,15). The van der Waals surface area contributed by atoms with Crippen LogP contribution in [-0.2, 0) is 0 Å². The van der Waals surface area contributed by atoms with Gasteiger partial charge in [-0.1, -0.05) is 6.92 Å². The number of nitrogen functional groups attached to an aromatic ring is 1. The average Bonchev–Trinajstić information content (AvgIpc) is 3.08. The second-order valence-corrected chi connectivity index (χ2v) is 4.12. The lowest BCUT2D eigenvalue weighted by atomic mass is 10.4. The van der Waals surface area contributed by atoms with Gasteiger partial charge in [-0.05, 0) is 19.4 Å². The van der Waals surface area contributed by atoms with E-state index in [0.29, 0.717) is 5.82 Å². The minimum atomic E-state index is 0.458. The Kier molecular flexibility index (Phi) is 3.56. The zero-order valence-electron chi connectivity index (χ0n) is 9.69. The lowest BCUT2D eigenvalue weighted by Crippen LogP contribution is -2.31. The van der Waals surface area contributed by atoms with Crippen LogP contribution in [0.15, 0.2) is 12.4 Å². The summed E-state index contributed by atoms with van der Waals surface area (Å²) in [6, 6.07) is 0.818. The quantitative estimate of drug-likeness (QED) is 0.748. The lowest BCUT2D eigenvalue weighted by molar-refractivity contribution is 0.289. The summed E-state index contributed by atoms with van der Waals surface area (Å²) in [4.78, 5) is 10.6. The van der Waals surface area contributed by atoms with Crippen LogP contribution in [0.2, 0.25) is 0 Å². The predicted molar refractivity (Wildman–Crippen MR) is 65.2 cm³/mol. The third kappa shape index (κ3) is 3.06. The molecule has 5 heteroatoms. The molecule has 1 fully saturated rings. The summed E-state index contributed by atoms with van der Waals surface area (Å²) in [5.74, 6) is 1.21. The van der Waals surface area contributed by atoms with Crippen molar-refractivity contribution >= 4 is 11.6 Å². The normalized spacial score (nSPS) is 15.4. The molecule has 5 nitrogen and oxygen atoms in total. The van der Waals surface area contributed by atoms with Crippen LogP contribution in [0.4, 0.5) is 11.6 Å². The Hall–Kier alpha value is -1.36. The number of anilines is 2. The topological polar surface area (TPSA) is 67.1 Å². The molecule has 0 unspecified atom stereocenters. The fourth-order valence-electron chi connectivity index (χ4n) is 1.83. The summed E-state index contributed by atoms with van der Waals surface area (Å²) in [6.07, 6.45) is 5.95. The van der Waals surface area contributed by atoms with Crippen LogP contribution in [0, 0.1) is 0 Å². The Morgan fingerprint density at radius 2 is 2.31 bits per heavy atom. The van der Waals surface area contributed by atoms with E-state index < -0.39 is 0 Å². The molecule has 1 aromatic rings. The molecule has 0 bridgehead atoms. The zero-order chi connectivity index (χ0) is 11.4. The first-order valence-corrected chi connectivity index (χ1v) is 5.85. The van der Waals surface area contributed by atoms with E-state index in [1.165, 1.54) is 12.8 Å². The summed E-state index contributed by atoms with van der Waals surface area (Å²) in [7, 11) is 0. The summed E-state index contributed by atoms with van der Waals surface area (Å²) in [5.41, 5.74) is 5.55. The second kappa shape index (κ2) is 5.12. The molecule has 3 N–H and O–H groups in total. The van der Waals surface area contributed by atoms with Crippen molar-refractivity contribution in [3.63, 3.8) is 0 Å². The first-order valence-electron chi connectivity index (χ1n) is 5.85. The van der Waals surface area contributed by atoms with E-state index in [4.69, 9.17) is 5.73 Å². The van der Waals surface area contributed by atoms with Gasteiger partial charge in [0, 0.05) is 19.1 Å². The Labute approximate surface area is 96.1 Å². The fourth-order valence-corrected chi connectivity index (χ4v) is 1.83. The molecular weight excluding hydrogens is 202 g/mol. The van der Waals surface area contributed by atoms with Crippen LogP contribution in [0.5, 0.6) is 0 Å². The van der Waals surface area contributed by atoms with Crippen molar-refractivity contribution in [3.8, 4) is 0 Å². The number of aromatic nitrogens is 2. The molecule has 0 saturated heterocycles. The predicted octanol–water partition coefficient (Wildman–Crippen LogP) is 0.955. The van der Waals surface area contributed by atoms with Crippen molar-refractivity contribution in [3.05, 3.63) is 12.4 Å². The monoisotopic (exact) mass is 221 g/mol. The first kappa shape index (κ1) is 11.1. The van der Waals surface area contributed by atoms with Crippen molar-refractivity contribution in [2.24, 2.45) is 0 Å². The molecule has 16 heavy (non-hydrogen) atoms. The van der Waals surface area contributed by atoms with Gasteiger partial charge < -0.3 is 11.1 Å². The highest BCUT2D eigenvalue weighted by Crippen LogP contribution is 2.25. The number of nitrogens with two attached hydrogens (primary N) is 1. The van der Waals surface area contributed by atoms with Gasteiger partial charge in [0.25, 0.3) is 0 Å². The maximum atomic E-state index is 5.55. The minimum Gasteiger partial charge on any atom is -0.382 e. The van der Waals surface area contributed by atoms with Crippen molar-refractivity contribution in [1.29, 1.82) is 0 Å². The van der Waals surface area contributed by atoms with Gasteiger partial charge in [0.05, 0.1) is 12.4 Å². The molecule has 1 aliphatic carbocycles. The van der Waals surface area contributed by atoms with Gasteiger partial charge >= 0.3 is 0 Å². The van der Waals surface area contributed by atoms with Crippen LogP contribution in [0.25, 0.3) is 0 Å². The molecule has 2 rings (SSSR count). The summed E-state index contributed by atoms with van der Waals surface area (Å²) in [5, 5.41) is 3.24. The van der Waals surface area contributed by atoms with Crippen LogP contribution in [0.1, 0.15) is 19.8 Å². The summed E-state index contributed by atoms with van der Waals surface area (Å²) < 4.78 is 0. The van der Waals surface area contributed by atoms with Crippen molar-refractivity contribution in [2.75, 3.05) is 30.7 Å². The number of nitrogens with zero attached hydrogens (tertiary/aromatic N) is 3. The Balaban J connectivity index is 1.74. The van der Waals surface area contributed by atoms with Crippen LogP contribution in [-0.4, -0.2) is 40.5 Å². The van der Waals surface area contributed by atoms with Crippen molar-refractivity contribution in [1.82, 2.24) is 14.9 Å². The van der Waals surface area contributed by atoms with Gasteiger partial charge in [-0.2, -0.15) is 0 Å². The van der Waals surface area contributed by atoms with Gasteiger partial charge in [-0.3, -0.25) is 9.88 Å². The third-order valence-corrected chi connectivity index (χ3v) is 2.83. The Morgan fingerprint density at radius 1 is 1.50 bits per heavy atom. The number of hydrogen-bond acceptors (Lipinski definition) is 5. The minimum absolute atomic E-state index is 0.458. The van der Waals surface area contributed by atoms with E-state index in [-0.39, 0.29) is 0 Å². The largest absolute Gasteiger partial charge is 0.382 e. The molecule has 1 saturated carbocycles. The van der Waals surface area contributed by atoms with Gasteiger partial charge in [0.1, 0.15) is 11.6 Å². The van der Waals surface area contributed by atoms with E-state index >= 15 is 0 Å². The van der Waals surface area contributed by atoms with Gasteiger partial charge in [-0.15, -0.1) is 0 Å². The van der Waals surface area contributed by atoms with Crippen molar-refractivity contribution < 1.29 is 0 Å². The molecule has 1 aliphatic rings. The number of hydrogen-bond donors (Lipinski definition) is 2. The molecule has 1 heterocycles. The molecule has 0 spiro atoms. The highest BCUT2D eigenvalue weighted by molar-refractivity contribution is 5.38. The van der Waals surface area contributed by atoms with Crippen LogP contribution >= 0.6 is 0 Å². The molecule has 0 aliphatic heterocycles. The van der Waals surface area contributed by atoms with Crippen LogP contribution < -0.4 is 11.1 Å². The molecule has 0 radical (unpaired) electrons. The second-order valence-electron chi connectivity index (χ2n) is 4.12. The lowest BCUT2D eigenvalue weighted by Gasteiger charge is -2.19. The van der Waals surface area contributed by atoms with Gasteiger partial charge in [-0.25, -0.2) is 4.98 Å². The molecule has 0 atom stereocenters. The fraction of sp³-hybridized carbons (Fsp3) is 0.636. The highest BCUT2D eigenvalue weighted by atomic mass is 15.2. The Morgan fingerprint density at radius 3 is 2.94 bits per heavy atom. The Bertz CT molecular complexity index is 337. The molecular formula is C11H19N5. The van der Waals surface area contributed by atoms with Crippen molar-refractivity contribution in [2.45, 2.75) is 25.8 Å². The first-order chi connectivity index (χ1) is 7.79. The highest BCUT2D eigenvalue weighted by Gasteiger charge is 2.26. The molecule has 0 aromatic carbocycles. The van der Waals surface area contributed by atoms with Crippen LogP contribution in [0.3, 0.4) is 0 Å². The average molecular weight is 221 g/mol. The summed E-state index contributed by atoms with van der Waals surface area (Å²) >= 11 is 0. The van der Waals surface area contributed by atoms with E-state index in [2.05, 4.69) is 27.1 Å². The van der Waals surface area contributed by atoms with E-state index in [0.717, 1.165) is 31.5 Å². The smallest absolute Gasteiger partial charge is 0.146 e. The molecule has 1 aromatic heterocycles.